The monoisotopic (exact) mass is 316 g/mol. The minimum Gasteiger partial charge on any atom is -0.480 e. The van der Waals surface area contributed by atoms with E-state index in [2.05, 4.69) is 10.9 Å². The standard InChI is InChI=1S/C16H13ClN2O3/c17-12-7-5-10(6-8-12)15(20)18-19-16(21)14-9-11-3-1-2-4-13(11)22-14/h1-8,14H,9H2,(H,18,20)(H,19,21). The average molecular weight is 317 g/mol. The van der Waals surface area contributed by atoms with E-state index in [0.717, 1.165) is 5.56 Å². The van der Waals surface area contributed by atoms with E-state index in [1.807, 2.05) is 24.3 Å². The summed E-state index contributed by atoms with van der Waals surface area (Å²) in [5, 5.41) is 0.540. The molecule has 5 nitrogen and oxygen atoms in total. The van der Waals surface area contributed by atoms with E-state index in [-0.39, 0.29) is 0 Å². The Morgan fingerprint density at radius 3 is 2.50 bits per heavy atom. The molecule has 1 atom stereocenters. The van der Waals surface area contributed by atoms with Crippen molar-refractivity contribution >= 4 is 23.4 Å². The van der Waals surface area contributed by atoms with E-state index >= 15 is 0 Å². The van der Waals surface area contributed by atoms with E-state index in [4.69, 9.17) is 16.3 Å². The van der Waals surface area contributed by atoms with Crippen LogP contribution < -0.4 is 15.6 Å². The lowest BCUT2D eigenvalue weighted by Gasteiger charge is -2.12. The summed E-state index contributed by atoms with van der Waals surface area (Å²) >= 11 is 5.76. The van der Waals surface area contributed by atoms with Gasteiger partial charge in [0.15, 0.2) is 6.10 Å². The molecular weight excluding hydrogens is 304 g/mol. The van der Waals surface area contributed by atoms with Crippen LogP contribution in [0.15, 0.2) is 48.5 Å². The Bertz CT molecular complexity index is 691. The fourth-order valence-electron chi connectivity index (χ4n) is 2.20. The van der Waals surface area contributed by atoms with Gasteiger partial charge in [-0.05, 0) is 35.9 Å². The van der Waals surface area contributed by atoms with Crippen LogP contribution in [-0.4, -0.2) is 17.9 Å². The highest BCUT2D eigenvalue weighted by molar-refractivity contribution is 6.30. The Morgan fingerprint density at radius 2 is 1.77 bits per heavy atom. The van der Waals surface area contributed by atoms with Crippen LogP contribution in [0.5, 0.6) is 5.75 Å². The van der Waals surface area contributed by atoms with E-state index < -0.39 is 17.9 Å². The van der Waals surface area contributed by atoms with Crippen LogP contribution in [-0.2, 0) is 11.2 Å². The van der Waals surface area contributed by atoms with Crippen molar-refractivity contribution in [2.75, 3.05) is 0 Å². The minimum absolute atomic E-state index is 0.390. The first-order valence-corrected chi connectivity index (χ1v) is 7.11. The van der Waals surface area contributed by atoms with E-state index in [9.17, 15) is 9.59 Å². The maximum absolute atomic E-state index is 12.0. The number of halogens is 1. The zero-order valence-electron chi connectivity index (χ0n) is 11.5. The smallest absolute Gasteiger partial charge is 0.279 e. The van der Waals surface area contributed by atoms with Crippen molar-refractivity contribution in [3.05, 3.63) is 64.7 Å². The maximum Gasteiger partial charge on any atom is 0.279 e. The van der Waals surface area contributed by atoms with Crippen molar-refractivity contribution < 1.29 is 14.3 Å². The number of hydrazine groups is 1. The Labute approximate surface area is 132 Å². The quantitative estimate of drug-likeness (QED) is 0.834. The number of para-hydroxylation sites is 1. The number of amides is 2. The average Bonchev–Trinajstić information content (AvgIpc) is 2.97. The van der Waals surface area contributed by atoms with E-state index in [1.54, 1.807) is 24.3 Å². The Hall–Kier alpha value is -2.53. The van der Waals surface area contributed by atoms with Gasteiger partial charge in [-0.15, -0.1) is 0 Å². The lowest BCUT2D eigenvalue weighted by atomic mass is 10.1. The first-order valence-electron chi connectivity index (χ1n) is 6.74. The predicted octanol–water partition coefficient (Wildman–Crippen LogP) is 2.10. The molecule has 0 aliphatic carbocycles. The molecule has 0 fully saturated rings. The Balaban J connectivity index is 1.55. The van der Waals surface area contributed by atoms with Gasteiger partial charge in [0.2, 0.25) is 0 Å². The third-order valence-corrected chi connectivity index (χ3v) is 3.60. The number of fused-ring (bicyclic) bond motifs is 1. The summed E-state index contributed by atoms with van der Waals surface area (Å²) in [5.41, 5.74) is 6.12. The number of carbonyl (C=O) groups excluding carboxylic acids is 2. The molecule has 0 saturated carbocycles. The first kappa shape index (κ1) is 14.4. The van der Waals surface area contributed by atoms with Crippen molar-refractivity contribution in [2.45, 2.75) is 12.5 Å². The highest BCUT2D eigenvalue weighted by atomic mass is 35.5. The molecule has 2 aromatic rings. The highest BCUT2D eigenvalue weighted by Crippen LogP contribution is 2.27. The summed E-state index contributed by atoms with van der Waals surface area (Å²) in [6.07, 6.45) is -0.151. The Kier molecular flexibility index (Phi) is 3.98. The lowest BCUT2D eigenvalue weighted by molar-refractivity contribution is -0.128. The molecule has 1 heterocycles. The topological polar surface area (TPSA) is 67.4 Å². The molecule has 2 aromatic carbocycles. The Morgan fingerprint density at radius 1 is 1.05 bits per heavy atom. The lowest BCUT2D eigenvalue weighted by Crippen LogP contribution is -2.47. The van der Waals surface area contributed by atoms with Crippen molar-refractivity contribution in [1.82, 2.24) is 10.9 Å². The normalized spacial score (nSPS) is 15.6. The van der Waals surface area contributed by atoms with Gasteiger partial charge in [-0.25, -0.2) is 0 Å². The fraction of sp³-hybridized carbons (Fsp3) is 0.125. The summed E-state index contributed by atoms with van der Waals surface area (Å²) in [6, 6.07) is 13.8. The van der Waals surface area contributed by atoms with Crippen LogP contribution >= 0.6 is 11.6 Å². The summed E-state index contributed by atoms with van der Waals surface area (Å²) in [4.78, 5) is 23.9. The molecule has 1 aliphatic heterocycles. The van der Waals surface area contributed by atoms with Gasteiger partial charge >= 0.3 is 0 Å². The number of ether oxygens (including phenoxy) is 1. The summed E-state index contributed by atoms with van der Waals surface area (Å²) in [7, 11) is 0. The molecule has 112 valence electrons. The molecule has 0 bridgehead atoms. The number of carbonyl (C=O) groups is 2. The third kappa shape index (κ3) is 3.04. The van der Waals surface area contributed by atoms with Crippen molar-refractivity contribution in [1.29, 1.82) is 0 Å². The van der Waals surface area contributed by atoms with Gasteiger partial charge in [0, 0.05) is 17.0 Å². The van der Waals surface area contributed by atoms with Crippen LogP contribution in [0.3, 0.4) is 0 Å². The molecule has 22 heavy (non-hydrogen) atoms. The SMILES string of the molecule is O=C(NNC(=O)C1Cc2ccccc2O1)c1ccc(Cl)cc1. The molecule has 0 aromatic heterocycles. The minimum atomic E-state index is -0.636. The number of hydrogen-bond donors (Lipinski definition) is 2. The molecule has 3 rings (SSSR count). The van der Waals surface area contributed by atoms with Gasteiger partial charge in [0.1, 0.15) is 5.75 Å². The second-order valence-electron chi connectivity index (χ2n) is 4.87. The number of hydrogen-bond acceptors (Lipinski definition) is 3. The van der Waals surface area contributed by atoms with Crippen molar-refractivity contribution in [2.24, 2.45) is 0 Å². The van der Waals surface area contributed by atoms with Crippen LogP contribution in [0.25, 0.3) is 0 Å². The van der Waals surface area contributed by atoms with Gasteiger partial charge in [-0.3, -0.25) is 20.4 Å². The molecule has 1 unspecified atom stereocenters. The van der Waals surface area contributed by atoms with Gasteiger partial charge in [0.05, 0.1) is 0 Å². The van der Waals surface area contributed by atoms with Crippen LogP contribution in [0.2, 0.25) is 5.02 Å². The fourth-order valence-corrected chi connectivity index (χ4v) is 2.33. The summed E-state index contributed by atoms with van der Waals surface area (Å²) in [5.74, 6) is -0.106. The zero-order chi connectivity index (χ0) is 15.5. The molecule has 2 N–H and O–H groups in total. The van der Waals surface area contributed by atoms with E-state index in [1.165, 1.54) is 0 Å². The molecule has 0 radical (unpaired) electrons. The van der Waals surface area contributed by atoms with Crippen LogP contribution in [0, 0.1) is 0 Å². The van der Waals surface area contributed by atoms with Crippen molar-refractivity contribution in [3.8, 4) is 5.75 Å². The van der Waals surface area contributed by atoms with Crippen LogP contribution in [0.1, 0.15) is 15.9 Å². The van der Waals surface area contributed by atoms with Gasteiger partial charge in [-0.2, -0.15) is 0 Å². The molecule has 0 spiro atoms. The number of nitrogens with one attached hydrogen (secondary N) is 2. The summed E-state index contributed by atoms with van der Waals surface area (Å²) in [6.45, 7) is 0. The number of benzene rings is 2. The predicted molar refractivity (Wildman–Crippen MR) is 81.6 cm³/mol. The second kappa shape index (κ2) is 6.07. The van der Waals surface area contributed by atoms with Crippen LogP contribution in [0.4, 0.5) is 0 Å². The van der Waals surface area contributed by atoms with Gasteiger partial charge in [-0.1, -0.05) is 29.8 Å². The maximum atomic E-state index is 12.0. The van der Waals surface area contributed by atoms with Gasteiger partial charge < -0.3 is 4.74 Å². The van der Waals surface area contributed by atoms with Crippen molar-refractivity contribution in [3.63, 3.8) is 0 Å². The molecule has 1 aliphatic rings. The molecule has 0 saturated heterocycles. The highest BCUT2D eigenvalue weighted by Gasteiger charge is 2.28. The van der Waals surface area contributed by atoms with E-state index in [0.29, 0.717) is 22.8 Å². The van der Waals surface area contributed by atoms with Gasteiger partial charge in [0.25, 0.3) is 11.8 Å². The molecular formula is C16H13ClN2O3. The summed E-state index contributed by atoms with van der Waals surface area (Å²) < 4.78 is 5.54. The zero-order valence-corrected chi connectivity index (χ0v) is 12.3. The second-order valence-corrected chi connectivity index (χ2v) is 5.31. The number of rotatable bonds is 2. The molecule has 6 heteroatoms. The largest absolute Gasteiger partial charge is 0.480 e. The first-order chi connectivity index (χ1) is 10.6. The third-order valence-electron chi connectivity index (χ3n) is 3.35. The molecule has 2 amide bonds.